The van der Waals surface area contributed by atoms with Crippen LogP contribution in [0.2, 0.25) is 0 Å². The zero-order valence-corrected chi connectivity index (χ0v) is 8.38. The fourth-order valence-electron chi connectivity index (χ4n) is 1.10. The number of alkyl halides is 3. The van der Waals surface area contributed by atoms with E-state index in [0.29, 0.717) is 0 Å². The normalized spacial score (nSPS) is 12.0. The number of phenols is 1. The maximum atomic E-state index is 12.4. The van der Waals surface area contributed by atoms with E-state index in [1.54, 1.807) is 0 Å². The van der Waals surface area contributed by atoms with Gasteiger partial charge in [0.2, 0.25) is 0 Å². The van der Waals surface area contributed by atoms with Crippen LogP contribution in [-0.4, -0.2) is 10.9 Å². The van der Waals surface area contributed by atoms with Gasteiger partial charge in [0.05, 0.1) is 5.56 Å². The van der Waals surface area contributed by atoms with Gasteiger partial charge >= 0.3 is 6.18 Å². The highest BCUT2D eigenvalue weighted by molar-refractivity contribution is 5.91. The Balaban J connectivity index is 3.13. The summed E-state index contributed by atoms with van der Waals surface area (Å²) in [5.74, 6) is -1.09. The number of hydrogen-bond acceptors (Lipinski definition) is 2. The van der Waals surface area contributed by atoms with Crippen molar-refractivity contribution in [3.05, 3.63) is 35.4 Å². The first kappa shape index (κ1) is 12.3. The third kappa shape index (κ3) is 3.12. The minimum Gasteiger partial charge on any atom is -0.507 e. The Morgan fingerprint density at radius 2 is 2.00 bits per heavy atom. The lowest BCUT2D eigenvalue weighted by molar-refractivity contribution is -0.138. The molecule has 0 aliphatic heterocycles. The number of rotatable bonds is 2. The largest absolute Gasteiger partial charge is 0.507 e. The van der Waals surface area contributed by atoms with Gasteiger partial charge in [0.25, 0.3) is 0 Å². The number of hydrogen-bond donors (Lipinski definition) is 1. The van der Waals surface area contributed by atoms with Crippen LogP contribution < -0.4 is 0 Å². The molecular weight excluding hydrogens is 221 g/mol. The van der Waals surface area contributed by atoms with E-state index in [9.17, 15) is 18.0 Å². The maximum Gasteiger partial charge on any atom is 0.419 e. The molecule has 1 aromatic carbocycles. The minimum absolute atomic E-state index is 0.209. The molecule has 0 atom stereocenters. The predicted molar refractivity (Wildman–Crippen MR) is 52.8 cm³/mol. The molecule has 0 aromatic heterocycles. The second-order valence-corrected chi connectivity index (χ2v) is 3.22. The van der Waals surface area contributed by atoms with Gasteiger partial charge in [-0.25, -0.2) is 0 Å². The zero-order chi connectivity index (χ0) is 12.3. The summed E-state index contributed by atoms with van der Waals surface area (Å²) in [4.78, 5) is 10.6. The molecule has 1 aromatic rings. The van der Waals surface area contributed by atoms with Crippen molar-refractivity contribution in [3.63, 3.8) is 0 Å². The lowest BCUT2D eigenvalue weighted by Gasteiger charge is -2.09. The van der Waals surface area contributed by atoms with Gasteiger partial charge in [-0.15, -0.1) is 0 Å². The molecule has 0 amide bonds. The summed E-state index contributed by atoms with van der Waals surface area (Å²) < 4.78 is 37.1. The molecule has 0 aliphatic rings. The van der Waals surface area contributed by atoms with E-state index in [0.717, 1.165) is 18.2 Å². The topological polar surface area (TPSA) is 37.3 Å². The van der Waals surface area contributed by atoms with Gasteiger partial charge in [0.1, 0.15) is 5.75 Å². The Hall–Kier alpha value is -1.78. The van der Waals surface area contributed by atoms with Crippen LogP contribution in [0.5, 0.6) is 5.75 Å². The van der Waals surface area contributed by atoms with Gasteiger partial charge in [-0.1, -0.05) is 12.1 Å². The number of allylic oxidation sites excluding steroid dienone is 1. The van der Waals surface area contributed by atoms with E-state index in [4.69, 9.17) is 5.11 Å². The molecule has 86 valence electrons. The Morgan fingerprint density at radius 3 is 2.50 bits per heavy atom. The zero-order valence-electron chi connectivity index (χ0n) is 8.38. The number of carbonyl (C=O) groups excluding carboxylic acids is 1. The minimum atomic E-state index is -4.61. The molecule has 1 rings (SSSR count). The summed E-state index contributed by atoms with van der Waals surface area (Å²) in [5.41, 5.74) is -0.904. The van der Waals surface area contributed by atoms with Gasteiger partial charge in [-0.3, -0.25) is 4.79 Å². The lowest BCUT2D eigenvalue weighted by atomic mass is 10.1. The van der Waals surface area contributed by atoms with E-state index in [1.165, 1.54) is 19.1 Å². The molecule has 0 saturated heterocycles. The van der Waals surface area contributed by atoms with Gasteiger partial charge in [-0.2, -0.15) is 13.2 Å². The fourth-order valence-corrected chi connectivity index (χ4v) is 1.10. The SMILES string of the molecule is CC(=O)/C=C/c1ccc(O)c(C(F)(F)F)c1. The monoisotopic (exact) mass is 230 g/mol. The summed E-state index contributed by atoms with van der Waals surface area (Å²) in [5, 5.41) is 9.04. The van der Waals surface area contributed by atoms with Crippen LogP contribution in [0.4, 0.5) is 13.2 Å². The van der Waals surface area contributed by atoms with E-state index in [2.05, 4.69) is 0 Å². The van der Waals surface area contributed by atoms with Crippen molar-refractivity contribution in [2.24, 2.45) is 0 Å². The van der Waals surface area contributed by atoms with Gasteiger partial charge in [-0.05, 0) is 30.7 Å². The molecule has 2 nitrogen and oxygen atoms in total. The number of phenolic OH excluding ortho intramolecular Hbond substituents is 1. The van der Waals surface area contributed by atoms with E-state index in [-0.39, 0.29) is 11.3 Å². The highest BCUT2D eigenvalue weighted by Gasteiger charge is 2.33. The highest BCUT2D eigenvalue weighted by atomic mass is 19.4. The highest BCUT2D eigenvalue weighted by Crippen LogP contribution is 2.36. The molecule has 5 heteroatoms. The molecule has 0 unspecified atom stereocenters. The summed E-state index contributed by atoms with van der Waals surface area (Å²) in [6.45, 7) is 1.29. The number of carbonyl (C=O) groups is 1. The first-order valence-corrected chi connectivity index (χ1v) is 4.39. The van der Waals surface area contributed by atoms with Crippen LogP contribution >= 0.6 is 0 Å². The smallest absolute Gasteiger partial charge is 0.419 e. The number of aromatic hydroxyl groups is 1. The molecule has 0 saturated carbocycles. The molecule has 1 N–H and O–H groups in total. The molecule has 0 spiro atoms. The van der Waals surface area contributed by atoms with Crippen molar-refractivity contribution < 1.29 is 23.1 Å². The fraction of sp³-hybridized carbons (Fsp3) is 0.182. The van der Waals surface area contributed by atoms with Crippen LogP contribution in [0.15, 0.2) is 24.3 Å². The maximum absolute atomic E-state index is 12.4. The van der Waals surface area contributed by atoms with Crippen molar-refractivity contribution in [2.75, 3.05) is 0 Å². The lowest BCUT2D eigenvalue weighted by Crippen LogP contribution is -2.05. The molecule has 16 heavy (non-hydrogen) atoms. The average molecular weight is 230 g/mol. The molecular formula is C11H9F3O2. The molecule has 0 fully saturated rings. The summed E-state index contributed by atoms with van der Waals surface area (Å²) >= 11 is 0. The van der Waals surface area contributed by atoms with Crippen LogP contribution in [0.1, 0.15) is 18.1 Å². The molecule has 0 radical (unpaired) electrons. The molecule has 0 heterocycles. The van der Waals surface area contributed by atoms with Crippen molar-refractivity contribution in [1.29, 1.82) is 0 Å². The van der Waals surface area contributed by atoms with E-state index >= 15 is 0 Å². The van der Waals surface area contributed by atoms with Crippen molar-refractivity contribution in [3.8, 4) is 5.75 Å². The second kappa shape index (κ2) is 4.38. The summed E-state index contributed by atoms with van der Waals surface area (Å²) in [7, 11) is 0. The van der Waals surface area contributed by atoms with Crippen LogP contribution in [0, 0.1) is 0 Å². The van der Waals surface area contributed by atoms with Crippen molar-refractivity contribution >= 4 is 11.9 Å². The Bertz CT molecular complexity index is 433. The molecule has 0 bridgehead atoms. The average Bonchev–Trinajstić information content (AvgIpc) is 2.14. The van der Waals surface area contributed by atoms with Crippen LogP contribution in [0.25, 0.3) is 6.08 Å². The Labute approximate surface area is 90.0 Å². The van der Waals surface area contributed by atoms with Crippen LogP contribution in [-0.2, 0) is 11.0 Å². The Kier molecular flexibility index (Phi) is 3.37. The number of halogens is 3. The predicted octanol–water partition coefficient (Wildman–Crippen LogP) is 3.01. The number of benzene rings is 1. The summed E-state index contributed by atoms with van der Waals surface area (Å²) in [6.07, 6.45) is -2.19. The second-order valence-electron chi connectivity index (χ2n) is 3.22. The van der Waals surface area contributed by atoms with E-state index < -0.39 is 17.5 Å². The standard InChI is InChI=1S/C11H9F3O2/c1-7(15)2-3-8-4-5-10(16)9(6-8)11(12,13)14/h2-6,16H,1H3/b3-2+. The van der Waals surface area contributed by atoms with Gasteiger partial charge in [0, 0.05) is 0 Å². The molecule has 0 aliphatic carbocycles. The first-order chi connectivity index (χ1) is 7.30. The number of ketones is 1. The third-order valence-corrected chi connectivity index (χ3v) is 1.84. The Morgan fingerprint density at radius 1 is 1.38 bits per heavy atom. The van der Waals surface area contributed by atoms with E-state index in [1.807, 2.05) is 0 Å². The van der Waals surface area contributed by atoms with Gasteiger partial charge < -0.3 is 5.11 Å². The first-order valence-electron chi connectivity index (χ1n) is 4.39. The quantitative estimate of drug-likeness (QED) is 0.793. The van der Waals surface area contributed by atoms with Crippen molar-refractivity contribution in [2.45, 2.75) is 13.1 Å². The van der Waals surface area contributed by atoms with Crippen LogP contribution in [0.3, 0.4) is 0 Å². The van der Waals surface area contributed by atoms with Gasteiger partial charge in [0.15, 0.2) is 5.78 Å². The third-order valence-electron chi connectivity index (χ3n) is 1.84. The van der Waals surface area contributed by atoms with Crippen molar-refractivity contribution in [1.82, 2.24) is 0 Å². The summed E-state index contributed by atoms with van der Waals surface area (Å²) in [6, 6.07) is 3.03.